The van der Waals surface area contributed by atoms with E-state index in [1.54, 1.807) is 0 Å². The molecule has 0 amide bonds. The SMILES string of the molecule is NCC1CCCC1c1cnc(C(F)(F)F)s1. The molecule has 2 rings (SSSR count). The maximum Gasteiger partial charge on any atom is 0.443 e. The van der Waals surface area contributed by atoms with Crippen LogP contribution in [0.15, 0.2) is 6.20 Å². The van der Waals surface area contributed by atoms with Crippen LogP contribution in [0.2, 0.25) is 0 Å². The average Bonchev–Trinajstić information content (AvgIpc) is 2.84. The molecular formula is C10H13F3N2S. The highest BCUT2D eigenvalue weighted by Gasteiger charge is 2.36. The highest BCUT2D eigenvalue weighted by Crippen LogP contribution is 2.43. The van der Waals surface area contributed by atoms with Crippen LogP contribution in [0.4, 0.5) is 13.2 Å². The zero-order valence-electron chi connectivity index (χ0n) is 8.63. The van der Waals surface area contributed by atoms with Crippen LogP contribution in [0.3, 0.4) is 0 Å². The van der Waals surface area contributed by atoms with Crippen molar-refractivity contribution < 1.29 is 13.2 Å². The molecule has 1 aliphatic rings. The van der Waals surface area contributed by atoms with E-state index in [-0.39, 0.29) is 5.92 Å². The van der Waals surface area contributed by atoms with E-state index in [2.05, 4.69) is 4.98 Å². The standard InChI is InChI=1S/C10H13F3N2S/c11-10(12,13)9-15-5-8(16-9)7-3-1-2-6(7)4-14/h5-7H,1-4,14H2. The Morgan fingerprint density at radius 1 is 1.44 bits per heavy atom. The number of hydrogen-bond acceptors (Lipinski definition) is 3. The number of nitrogens with zero attached hydrogens (tertiary/aromatic N) is 1. The third kappa shape index (κ3) is 2.22. The van der Waals surface area contributed by atoms with Crippen LogP contribution >= 0.6 is 11.3 Å². The fourth-order valence-corrected chi connectivity index (χ4v) is 3.29. The van der Waals surface area contributed by atoms with E-state index in [1.165, 1.54) is 6.20 Å². The molecule has 1 aromatic heterocycles. The highest BCUT2D eigenvalue weighted by atomic mass is 32.1. The molecule has 0 bridgehead atoms. The van der Waals surface area contributed by atoms with Gasteiger partial charge in [-0.2, -0.15) is 13.2 Å². The number of alkyl halides is 3. The minimum Gasteiger partial charge on any atom is -0.330 e. The lowest BCUT2D eigenvalue weighted by atomic mass is 9.95. The van der Waals surface area contributed by atoms with Gasteiger partial charge in [0.1, 0.15) is 0 Å². The molecule has 0 saturated heterocycles. The minimum atomic E-state index is -4.32. The van der Waals surface area contributed by atoms with E-state index in [1.807, 2.05) is 0 Å². The lowest BCUT2D eigenvalue weighted by Gasteiger charge is -2.15. The van der Waals surface area contributed by atoms with Gasteiger partial charge in [0.05, 0.1) is 0 Å². The van der Waals surface area contributed by atoms with Gasteiger partial charge in [0, 0.05) is 11.1 Å². The number of thiazole rings is 1. The van der Waals surface area contributed by atoms with Crippen LogP contribution in [-0.4, -0.2) is 11.5 Å². The molecule has 1 aromatic rings. The summed E-state index contributed by atoms with van der Waals surface area (Å²) in [4.78, 5) is 4.19. The fourth-order valence-electron chi connectivity index (χ4n) is 2.28. The summed E-state index contributed by atoms with van der Waals surface area (Å²) >= 11 is 0.765. The Morgan fingerprint density at radius 3 is 2.75 bits per heavy atom. The van der Waals surface area contributed by atoms with Gasteiger partial charge < -0.3 is 5.73 Å². The van der Waals surface area contributed by atoms with Crippen molar-refractivity contribution in [2.24, 2.45) is 11.7 Å². The second-order valence-corrected chi connectivity index (χ2v) is 5.16. The van der Waals surface area contributed by atoms with Crippen LogP contribution in [-0.2, 0) is 6.18 Å². The fraction of sp³-hybridized carbons (Fsp3) is 0.700. The van der Waals surface area contributed by atoms with Gasteiger partial charge in [-0.15, -0.1) is 11.3 Å². The van der Waals surface area contributed by atoms with Crippen molar-refractivity contribution in [3.63, 3.8) is 0 Å². The van der Waals surface area contributed by atoms with Crippen molar-refractivity contribution in [3.05, 3.63) is 16.1 Å². The number of nitrogens with two attached hydrogens (primary N) is 1. The number of aromatic nitrogens is 1. The van der Waals surface area contributed by atoms with Crippen LogP contribution in [0.1, 0.15) is 35.1 Å². The van der Waals surface area contributed by atoms with Gasteiger partial charge in [0.2, 0.25) is 0 Å². The Morgan fingerprint density at radius 2 is 2.19 bits per heavy atom. The molecule has 1 saturated carbocycles. The molecule has 2 atom stereocenters. The van der Waals surface area contributed by atoms with Crippen molar-refractivity contribution in [1.29, 1.82) is 0 Å². The Kier molecular flexibility index (Phi) is 3.21. The molecule has 16 heavy (non-hydrogen) atoms. The zero-order valence-corrected chi connectivity index (χ0v) is 9.44. The third-order valence-corrected chi connectivity index (χ3v) is 4.27. The maximum atomic E-state index is 12.4. The van der Waals surface area contributed by atoms with Crippen LogP contribution in [0.5, 0.6) is 0 Å². The van der Waals surface area contributed by atoms with Crippen LogP contribution in [0.25, 0.3) is 0 Å². The van der Waals surface area contributed by atoms with E-state index in [4.69, 9.17) is 5.73 Å². The molecule has 0 radical (unpaired) electrons. The van der Waals surface area contributed by atoms with E-state index in [0.717, 1.165) is 35.5 Å². The van der Waals surface area contributed by atoms with E-state index in [0.29, 0.717) is 12.5 Å². The first-order chi connectivity index (χ1) is 7.52. The molecule has 0 aliphatic heterocycles. The minimum absolute atomic E-state index is 0.179. The third-order valence-electron chi connectivity index (χ3n) is 3.09. The van der Waals surface area contributed by atoms with Crippen molar-refractivity contribution >= 4 is 11.3 Å². The Balaban J connectivity index is 2.18. The summed E-state index contributed by atoms with van der Waals surface area (Å²) in [5.41, 5.74) is 5.62. The molecule has 2 nitrogen and oxygen atoms in total. The van der Waals surface area contributed by atoms with Gasteiger partial charge in [-0.25, -0.2) is 4.98 Å². The predicted molar refractivity (Wildman–Crippen MR) is 56.3 cm³/mol. The molecule has 2 N–H and O–H groups in total. The molecule has 1 aliphatic carbocycles. The Bertz CT molecular complexity index is 361. The summed E-state index contributed by atoms with van der Waals surface area (Å²) < 4.78 is 37.2. The first kappa shape index (κ1) is 11.9. The van der Waals surface area contributed by atoms with Gasteiger partial charge in [-0.3, -0.25) is 0 Å². The quantitative estimate of drug-likeness (QED) is 0.876. The molecule has 6 heteroatoms. The number of rotatable bonds is 2. The van der Waals surface area contributed by atoms with Gasteiger partial charge >= 0.3 is 6.18 Å². The second-order valence-electron chi connectivity index (χ2n) is 4.10. The van der Waals surface area contributed by atoms with E-state index >= 15 is 0 Å². The summed E-state index contributed by atoms with van der Waals surface area (Å²) in [5.74, 6) is 0.500. The molecule has 1 heterocycles. The monoisotopic (exact) mass is 250 g/mol. The predicted octanol–water partition coefficient (Wildman–Crippen LogP) is 3.00. The van der Waals surface area contributed by atoms with Crippen LogP contribution < -0.4 is 5.73 Å². The van der Waals surface area contributed by atoms with Crippen molar-refractivity contribution in [2.45, 2.75) is 31.4 Å². The van der Waals surface area contributed by atoms with Gasteiger partial charge in [-0.1, -0.05) is 6.42 Å². The molecule has 2 unspecified atom stereocenters. The normalized spacial score (nSPS) is 26.2. The summed E-state index contributed by atoms with van der Waals surface area (Å²) in [6, 6.07) is 0. The lowest BCUT2D eigenvalue weighted by Crippen LogP contribution is -2.16. The molecule has 0 spiro atoms. The molecule has 0 aromatic carbocycles. The van der Waals surface area contributed by atoms with E-state index < -0.39 is 11.2 Å². The highest BCUT2D eigenvalue weighted by molar-refractivity contribution is 7.11. The summed E-state index contributed by atoms with van der Waals surface area (Å²) in [7, 11) is 0. The van der Waals surface area contributed by atoms with Crippen molar-refractivity contribution in [2.75, 3.05) is 6.54 Å². The first-order valence-electron chi connectivity index (χ1n) is 5.25. The van der Waals surface area contributed by atoms with Crippen molar-refractivity contribution in [1.82, 2.24) is 4.98 Å². The smallest absolute Gasteiger partial charge is 0.330 e. The van der Waals surface area contributed by atoms with Crippen molar-refractivity contribution in [3.8, 4) is 0 Å². The molecular weight excluding hydrogens is 237 g/mol. The zero-order chi connectivity index (χ0) is 11.8. The summed E-state index contributed by atoms with van der Waals surface area (Å²) in [6.45, 7) is 0.546. The van der Waals surface area contributed by atoms with Gasteiger partial charge in [0.15, 0.2) is 5.01 Å². The summed E-state index contributed by atoms with van der Waals surface area (Å²) in [5, 5.41) is -0.745. The number of halogens is 3. The first-order valence-corrected chi connectivity index (χ1v) is 6.07. The second kappa shape index (κ2) is 4.33. The summed E-state index contributed by atoms with van der Waals surface area (Å²) in [6.07, 6.45) is 0.0411. The Labute approximate surface area is 95.7 Å². The van der Waals surface area contributed by atoms with Crippen LogP contribution in [0, 0.1) is 5.92 Å². The van der Waals surface area contributed by atoms with E-state index in [9.17, 15) is 13.2 Å². The van der Waals surface area contributed by atoms with Gasteiger partial charge in [-0.05, 0) is 31.2 Å². The Hall–Kier alpha value is -0.620. The largest absolute Gasteiger partial charge is 0.443 e. The topological polar surface area (TPSA) is 38.9 Å². The lowest BCUT2D eigenvalue weighted by molar-refractivity contribution is -0.137. The molecule has 1 fully saturated rings. The van der Waals surface area contributed by atoms with Gasteiger partial charge in [0.25, 0.3) is 0 Å². The number of hydrogen-bond donors (Lipinski definition) is 1. The molecule has 90 valence electrons. The average molecular weight is 250 g/mol. The maximum absolute atomic E-state index is 12.4.